The molecule has 3 heterocycles. The van der Waals surface area contributed by atoms with Gasteiger partial charge in [0.05, 0.1) is 17.6 Å². The van der Waals surface area contributed by atoms with Crippen LogP contribution in [0, 0.1) is 6.92 Å². The molecule has 1 amide bonds. The lowest BCUT2D eigenvalue weighted by atomic mass is 10.1. The van der Waals surface area contributed by atoms with E-state index in [1.807, 2.05) is 55.1 Å². The van der Waals surface area contributed by atoms with E-state index in [0.29, 0.717) is 11.2 Å². The molecule has 0 aliphatic heterocycles. The minimum atomic E-state index is -0.232. The van der Waals surface area contributed by atoms with Crippen molar-refractivity contribution in [2.75, 3.05) is 5.32 Å². The van der Waals surface area contributed by atoms with Gasteiger partial charge in [0.1, 0.15) is 5.56 Å². The highest BCUT2D eigenvalue weighted by atomic mass is 16.1. The number of nitrogens with zero attached hydrogens (tertiary/aromatic N) is 5. The zero-order valence-corrected chi connectivity index (χ0v) is 16.2. The number of amides is 1. The molecule has 142 valence electrons. The lowest BCUT2D eigenvalue weighted by Gasteiger charge is -2.06. The van der Waals surface area contributed by atoms with Crippen LogP contribution in [0.25, 0.3) is 16.9 Å². The minimum absolute atomic E-state index is 0.232. The molecule has 28 heavy (non-hydrogen) atoms. The fourth-order valence-corrected chi connectivity index (χ4v) is 3.21. The first-order chi connectivity index (χ1) is 13.6. The fourth-order valence-electron chi connectivity index (χ4n) is 3.21. The molecule has 0 spiro atoms. The number of hydrogen-bond acceptors (Lipinski definition) is 4. The van der Waals surface area contributed by atoms with E-state index in [2.05, 4.69) is 27.4 Å². The van der Waals surface area contributed by atoms with Crippen LogP contribution in [0.4, 0.5) is 5.69 Å². The van der Waals surface area contributed by atoms with E-state index < -0.39 is 0 Å². The van der Waals surface area contributed by atoms with Gasteiger partial charge in [0.15, 0.2) is 5.65 Å². The monoisotopic (exact) mass is 374 g/mol. The SMILES string of the molecule is CCc1ccc(NC(=O)c2cnn3c(-c4cn(CC)nc4C)ccnc23)cc1. The van der Waals surface area contributed by atoms with Crippen LogP contribution < -0.4 is 5.32 Å². The molecule has 0 fully saturated rings. The lowest BCUT2D eigenvalue weighted by Crippen LogP contribution is -2.12. The smallest absolute Gasteiger partial charge is 0.261 e. The number of nitrogens with one attached hydrogen (secondary N) is 1. The van der Waals surface area contributed by atoms with Gasteiger partial charge in [0.25, 0.3) is 5.91 Å². The van der Waals surface area contributed by atoms with E-state index in [0.717, 1.165) is 35.6 Å². The molecule has 1 N–H and O–H groups in total. The number of rotatable bonds is 5. The van der Waals surface area contributed by atoms with E-state index in [1.54, 1.807) is 16.9 Å². The summed E-state index contributed by atoms with van der Waals surface area (Å²) < 4.78 is 3.58. The quantitative estimate of drug-likeness (QED) is 0.577. The molecule has 1 aromatic carbocycles. The van der Waals surface area contributed by atoms with Crippen molar-refractivity contribution in [2.24, 2.45) is 0 Å². The lowest BCUT2D eigenvalue weighted by molar-refractivity contribution is 0.102. The summed E-state index contributed by atoms with van der Waals surface area (Å²) in [6, 6.07) is 9.72. The van der Waals surface area contributed by atoms with Crippen molar-refractivity contribution in [3.63, 3.8) is 0 Å². The number of carbonyl (C=O) groups excluding carboxylic acids is 1. The predicted molar refractivity (Wildman–Crippen MR) is 108 cm³/mol. The second-order valence-corrected chi connectivity index (χ2v) is 6.61. The molecule has 4 aromatic rings. The Bertz CT molecular complexity index is 1140. The zero-order valence-electron chi connectivity index (χ0n) is 16.2. The summed E-state index contributed by atoms with van der Waals surface area (Å²) in [5, 5.41) is 11.8. The molecule has 0 bridgehead atoms. The maximum Gasteiger partial charge on any atom is 0.261 e. The maximum atomic E-state index is 12.8. The number of aromatic nitrogens is 5. The largest absolute Gasteiger partial charge is 0.322 e. The molecule has 0 atom stereocenters. The molecular weight excluding hydrogens is 352 g/mol. The van der Waals surface area contributed by atoms with Crippen LogP contribution in [0.2, 0.25) is 0 Å². The summed E-state index contributed by atoms with van der Waals surface area (Å²) in [5.41, 5.74) is 5.66. The summed E-state index contributed by atoms with van der Waals surface area (Å²) in [7, 11) is 0. The van der Waals surface area contributed by atoms with Gasteiger partial charge in [-0.05, 0) is 44.0 Å². The Balaban J connectivity index is 1.69. The number of fused-ring (bicyclic) bond motifs is 1. The Hall–Kier alpha value is -3.48. The molecule has 7 nitrogen and oxygen atoms in total. The van der Waals surface area contributed by atoms with Gasteiger partial charge in [0.2, 0.25) is 0 Å². The molecule has 0 saturated carbocycles. The Labute approximate surface area is 163 Å². The van der Waals surface area contributed by atoms with E-state index in [9.17, 15) is 4.79 Å². The topological polar surface area (TPSA) is 77.1 Å². The van der Waals surface area contributed by atoms with Crippen LogP contribution >= 0.6 is 0 Å². The van der Waals surface area contributed by atoms with Crippen LogP contribution in [-0.2, 0) is 13.0 Å². The zero-order chi connectivity index (χ0) is 19.7. The average molecular weight is 374 g/mol. The van der Waals surface area contributed by atoms with Gasteiger partial charge in [0, 0.05) is 30.2 Å². The Morgan fingerprint density at radius 3 is 2.61 bits per heavy atom. The van der Waals surface area contributed by atoms with E-state index >= 15 is 0 Å². The van der Waals surface area contributed by atoms with E-state index in [1.165, 1.54) is 5.56 Å². The Kier molecular flexibility index (Phi) is 4.65. The van der Waals surface area contributed by atoms with Gasteiger partial charge in [-0.15, -0.1) is 0 Å². The second-order valence-electron chi connectivity index (χ2n) is 6.61. The molecule has 0 aliphatic rings. The standard InChI is InChI=1S/C21H22N6O/c1-4-15-6-8-16(9-7-15)24-21(28)17-12-23-27-19(10-11-22-20(17)27)18-13-26(5-2)25-14(18)3/h6-13H,4-5H2,1-3H3,(H,24,28). The molecule has 0 unspecified atom stereocenters. The number of anilines is 1. The number of benzene rings is 1. The molecule has 4 rings (SSSR count). The normalized spacial score (nSPS) is 11.1. The van der Waals surface area contributed by atoms with Crippen molar-refractivity contribution < 1.29 is 4.79 Å². The number of aryl methyl sites for hydroxylation is 3. The first-order valence-electron chi connectivity index (χ1n) is 9.38. The van der Waals surface area contributed by atoms with Crippen molar-refractivity contribution >= 4 is 17.2 Å². The fraction of sp³-hybridized carbons (Fsp3) is 0.238. The predicted octanol–water partition coefficient (Wildman–Crippen LogP) is 3.74. The number of carbonyl (C=O) groups is 1. The first-order valence-corrected chi connectivity index (χ1v) is 9.38. The summed E-state index contributed by atoms with van der Waals surface area (Å²) in [6.45, 7) is 6.90. The van der Waals surface area contributed by atoms with Crippen LogP contribution in [-0.4, -0.2) is 30.3 Å². The van der Waals surface area contributed by atoms with Crippen molar-refractivity contribution in [1.82, 2.24) is 24.4 Å². The van der Waals surface area contributed by atoms with E-state index in [4.69, 9.17) is 0 Å². The van der Waals surface area contributed by atoms with Crippen LogP contribution in [0.15, 0.2) is 48.9 Å². The molecule has 0 saturated heterocycles. The van der Waals surface area contributed by atoms with Gasteiger partial charge < -0.3 is 5.32 Å². The van der Waals surface area contributed by atoms with Crippen LogP contribution in [0.1, 0.15) is 35.5 Å². The Morgan fingerprint density at radius 1 is 1.14 bits per heavy atom. The molecule has 0 aliphatic carbocycles. The van der Waals surface area contributed by atoms with Gasteiger partial charge in [-0.25, -0.2) is 9.50 Å². The van der Waals surface area contributed by atoms with Gasteiger partial charge in [-0.2, -0.15) is 10.2 Å². The Morgan fingerprint density at radius 2 is 1.93 bits per heavy atom. The van der Waals surface area contributed by atoms with Crippen LogP contribution in [0.3, 0.4) is 0 Å². The van der Waals surface area contributed by atoms with Crippen molar-refractivity contribution in [2.45, 2.75) is 33.7 Å². The summed E-state index contributed by atoms with van der Waals surface area (Å²) >= 11 is 0. The second kappa shape index (κ2) is 7.26. The summed E-state index contributed by atoms with van der Waals surface area (Å²) in [5.74, 6) is -0.232. The van der Waals surface area contributed by atoms with E-state index in [-0.39, 0.29) is 5.91 Å². The molecule has 7 heteroatoms. The summed E-state index contributed by atoms with van der Waals surface area (Å²) in [4.78, 5) is 17.2. The van der Waals surface area contributed by atoms with Crippen molar-refractivity contribution in [3.8, 4) is 11.3 Å². The van der Waals surface area contributed by atoms with Crippen molar-refractivity contribution in [1.29, 1.82) is 0 Å². The van der Waals surface area contributed by atoms with Crippen molar-refractivity contribution in [3.05, 3.63) is 65.7 Å². The third kappa shape index (κ3) is 3.15. The summed E-state index contributed by atoms with van der Waals surface area (Å²) in [6.07, 6.45) is 6.20. The maximum absolute atomic E-state index is 12.8. The minimum Gasteiger partial charge on any atom is -0.322 e. The molecule has 0 radical (unpaired) electrons. The highest BCUT2D eigenvalue weighted by Gasteiger charge is 2.18. The number of hydrogen-bond donors (Lipinski definition) is 1. The third-order valence-electron chi connectivity index (χ3n) is 4.81. The molecule has 3 aromatic heterocycles. The highest BCUT2D eigenvalue weighted by Crippen LogP contribution is 2.24. The first kappa shape index (κ1) is 17.9. The van der Waals surface area contributed by atoms with Crippen LogP contribution in [0.5, 0.6) is 0 Å². The highest BCUT2D eigenvalue weighted by molar-refractivity contribution is 6.08. The third-order valence-corrected chi connectivity index (χ3v) is 4.81. The van der Waals surface area contributed by atoms with Gasteiger partial charge in [-0.1, -0.05) is 19.1 Å². The van der Waals surface area contributed by atoms with Gasteiger partial charge >= 0.3 is 0 Å². The average Bonchev–Trinajstić information content (AvgIpc) is 3.32. The molecular formula is C21H22N6O. The van der Waals surface area contributed by atoms with Gasteiger partial charge in [-0.3, -0.25) is 9.48 Å².